The van der Waals surface area contributed by atoms with Crippen LogP contribution in [-0.2, 0) is 5.41 Å². The van der Waals surface area contributed by atoms with Crippen LogP contribution in [0.15, 0.2) is 12.4 Å². The predicted molar refractivity (Wildman–Crippen MR) is 51.4 cm³/mol. The van der Waals surface area contributed by atoms with Crippen LogP contribution >= 0.6 is 0 Å². The first-order valence-corrected chi connectivity index (χ1v) is 4.64. The quantitative estimate of drug-likeness (QED) is 0.690. The third kappa shape index (κ3) is 2.29. The van der Waals surface area contributed by atoms with E-state index < -0.39 is 6.30 Å². The highest BCUT2D eigenvalue weighted by Gasteiger charge is 2.17. The van der Waals surface area contributed by atoms with Crippen molar-refractivity contribution in [2.75, 3.05) is 0 Å². The average Bonchev–Trinajstić information content (AvgIpc) is 2.50. The molecule has 2 nitrogen and oxygen atoms in total. The lowest BCUT2D eigenvalue weighted by Crippen LogP contribution is -2.10. The molecule has 0 spiro atoms. The van der Waals surface area contributed by atoms with Crippen molar-refractivity contribution in [3.8, 4) is 0 Å². The van der Waals surface area contributed by atoms with Crippen molar-refractivity contribution in [1.82, 2.24) is 9.78 Å². The van der Waals surface area contributed by atoms with E-state index in [2.05, 4.69) is 25.9 Å². The maximum absolute atomic E-state index is 13.2. The molecule has 1 rings (SSSR count). The van der Waals surface area contributed by atoms with Crippen LogP contribution in [0, 0.1) is 0 Å². The van der Waals surface area contributed by atoms with Crippen molar-refractivity contribution in [2.24, 2.45) is 0 Å². The standard InChI is InChI=1S/C10H17FN2/c1-5-9(11)13-7-8(6-12-13)10(2,3)4/h6-7,9H,5H2,1-4H3. The van der Waals surface area contributed by atoms with E-state index in [-0.39, 0.29) is 5.41 Å². The van der Waals surface area contributed by atoms with Gasteiger partial charge in [0.1, 0.15) is 0 Å². The normalized spacial score (nSPS) is 14.5. The third-order valence-corrected chi connectivity index (χ3v) is 2.09. The highest BCUT2D eigenvalue weighted by Crippen LogP contribution is 2.23. The molecule has 0 radical (unpaired) electrons. The maximum atomic E-state index is 13.2. The predicted octanol–water partition coefficient (Wildman–Crippen LogP) is 3.06. The van der Waals surface area contributed by atoms with Crippen molar-refractivity contribution < 1.29 is 4.39 Å². The fourth-order valence-corrected chi connectivity index (χ4v) is 1.07. The number of halogens is 1. The molecular weight excluding hydrogens is 167 g/mol. The summed E-state index contributed by atoms with van der Waals surface area (Å²) in [5.41, 5.74) is 1.12. The summed E-state index contributed by atoms with van der Waals surface area (Å²) in [6.45, 7) is 8.08. The molecule has 1 aromatic heterocycles. The lowest BCUT2D eigenvalue weighted by Gasteiger charge is -2.15. The molecule has 0 aliphatic heterocycles. The van der Waals surface area contributed by atoms with Gasteiger partial charge in [-0.15, -0.1) is 0 Å². The Morgan fingerprint density at radius 1 is 1.54 bits per heavy atom. The first-order chi connectivity index (χ1) is 5.95. The number of hydrogen-bond donors (Lipinski definition) is 0. The Bertz CT molecular complexity index is 273. The van der Waals surface area contributed by atoms with Crippen LogP contribution in [0.3, 0.4) is 0 Å². The second-order valence-electron chi connectivity index (χ2n) is 4.30. The molecule has 13 heavy (non-hydrogen) atoms. The Labute approximate surface area is 78.8 Å². The van der Waals surface area contributed by atoms with Crippen molar-refractivity contribution in [1.29, 1.82) is 0 Å². The zero-order valence-electron chi connectivity index (χ0n) is 8.71. The Morgan fingerprint density at radius 3 is 2.54 bits per heavy atom. The minimum atomic E-state index is -0.990. The molecule has 3 heteroatoms. The van der Waals surface area contributed by atoms with Crippen LogP contribution < -0.4 is 0 Å². The lowest BCUT2D eigenvalue weighted by atomic mass is 9.90. The molecule has 1 atom stereocenters. The monoisotopic (exact) mass is 184 g/mol. The van der Waals surface area contributed by atoms with Gasteiger partial charge >= 0.3 is 0 Å². The van der Waals surface area contributed by atoms with Gasteiger partial charge in [0.15, 0.2) is 6.30 Å². The molecule has 0 fully saturated rings. The second-order valence-corrected chi connectivity index (χ2v) is 4.30. The van der Waals surface area contributed by atoms with Gasteiger partial charge in [0.25, 0.3) is 0 Å². The van der Waals surface area contributed by atoms with Crippen molar-refractivity contribution in [3.63, 3.8) is 0 Å². The third-order valence-electron chi connectivity index (χ3n) is 2.09. The number of alkyl halides is 1. The molecular formula is C10H17FN2. The van der Waals surface area contributed by atoms with E-state index in [0.29, 0.717) is 6.42 Å². The summed E-state index contributed by atoms with van der Waals surface area (Å²) >= 11 is 0. The SMILES string of the molecule is CCC(F)n1cc(C(C)(C)C)cn1. The van der Waals surface area contributed by atoms with Crippen molar-refractivity contribution >= 4 is 0 Å². The molecule has 0 aromatic carbocycles. The maximum Gasteiger partial charge on any atom is 0.191 e. The van der Waals surface area contributed by atoms with E-state index in [0.717, 1.165) is 5.56 Å². The molecule has 0 N–H and O–H groups in total. The van der Waals surface area contributed by atoms with E-state index in [4.69, 9.17) is 0 Å². The topological polar surface area (TPSA) is 17.8 Å². The van der Waals surface area contributed by atoms with Gasteiger partial charge in [-0.05, 0) is 17.4 Å². The highest BCUT2D eigenvalue weighted by molar-refractivity contribution is 5.15. The van der Waals surface area contributed by atoms with Crippen LogP contribution in [0.1, 0.15) is 46.0 Å². The molecule has 0 saturated carbocycles. The average molecular weight is 184 g/mol. The Kier molecular flexibility index (Phi) is 2.74. The van der Waals surface area contributed by atoms with Crippen molar-refractivity contribution in [2.45, 2.75) is 45.8 Å². The number of hydrogen-bond acceptors (Lipinski definition) is 1. The van der Waals surface area contributed by atoms with E-state index in [1.807, 2.05) is 6.92 Å². The summed E-state index contributed by atoms with van der Waals surface area (Å²) in [6, 6.07) is 0. The first-order valence-electron chi connectivity index (χ1n) is 4.64. The molecule has 0 aliphatic rings. The van der Waals surface area contributed by atoms with E-state index in [1.165, 1.54) is 4.68 Å². The Balaban J connectivity index is 2.87. The first kappa shape index (κ1) is 10.2. The molecule has 0 aliphatic carbocycles. The lowest BCUT2D eigenvalue weighted by molar-refractivity contribution is 0.212. The van der Waals surface area contributed by atoms with Gasteiger partial charge in [-0.1, -0.05) is 27.7 Å². The second kappa shape index (κ2) is 3.48. The van der Waals surface area contributed by atoms with Crippen molar-refractivity contribution in [3.05, 3.63) is 18.0 Å². The molecule has 0 bridgehead atoms. The summed E-state index contributed by atoms with van der Waals surface area (Å²) in [7, 11) is 0. The number of aromatic nitrogens is 2. The van der Waals surface area contributed by atoms with Crippen LogP contribution in [0.5, 0.6) is 0 Å². The summed E-state index contributed by atoms with van der Waals surface area (Å²) in [5.74, 6) is 0. The highest BCUT2D eigenvalue weighted by atomic mass is 19.1. The van der Waals surface area contributed by atoms with Gasteiger partial charge in [-0.25, -0.2) is 9.07 Å². The number of rotatable bonds is 2. The van der Waals surface area contributed by atoms with E-state index in [9.17, 15) is 4.39 Å². The zero-order valence-corrected chi connectivity index (χ0v) is 8.71. The minimum Gasteiger partial charge on any atom is -0.239 e. The van der Waals surface area contributed by atoms with Crippen LogP contribution in [0.25, 0.3) is 0 Å². The van der Waals surface area contributed by atoms with Crippen LogP contribution in [0.2, 0.25) is 0 Å². The molecule has 1 aromatic rings. The molecule has 0 amide bonds. The van der Waals surface area contributed by atoms with E-state index in [1.54, 1.807) is 12.4 Å². The molecule has 74 valence electrons. The molecule has 0 saturated heterocycles. The van der Waals surface area contributed by atoms with Gasteiger partial charge in [-0.3, -0.25) is 0 Å². The van der Waals surface area contributed by atoms with Gasteiger partial charge in [0, 0.05) is 6.20 Å². The van der Waals surface area contributed by atoms with Gasteiger partial charge in [0.05, 0.1) is 6.20 Å². The smallest absolute Gasteiger partial charge is 0.191 e. The summed E-state index contributed by atoms with van der Waals surface area (Å²) in [5, 5.41) is 4.00. The van der Waals surface area contributed by atoms with Gasteiger partial charge < -0.3 is 0 Å². The summed E-state index contributed by atoms with van der Waals surface area (Å²) in [4.78, 5) is 0. The zero-order chi connectivity index (χ0) is 10.1. The van der Waals surface area contributed by atoms with Crippen LogP contribution in [-0.4, -0.2) is 9.78 Å². The van der Waals surface area contributed by atoms with Crippen LogP contribution in [0.4, 0.5) is 4.39 Å². The Hall–Kier alpha value is -0.860. The minimum absolute atomic E-state index is 0.0473. The summed E-state index contributed by atoms with van der Waals surface area (Å²) in [6.07, 6.45) is 3.00. The Morgan fingerprint density at radius 2 is 2.15 bits per heavy atom. The molecule has 1 heterocycles. The van der Waals surface area contributed by atoms with Gasteiger partial charge in [0.2, 0.25) is 0 Å². The van der Waals surface area contributed by atoms with E-state index >= 15 is 0 Å². The largest absolute Gasteiger partial charge is 0.239 e. The fourth-order valence-electron chi connectivity index (χ4n) is 1.07. The fraction of sp³-hybridized carbons (Fsp3) is 0.700. The summed E-state index contributed by atoms with van der Waals surface area (Å²) < 4.78 is 14.6. The molecule has 1 unspecified atom stereocenters. The number of nitrogens with zero attached hydrogens (tertiary/aromatic N) is 2. The van der Waals surface area contributed by atoms with Gasteiger partial charge in [-0.2, -0.15) is 5.10 Å².